The van der Waals surface area contributed by atoms with Crippen LogP contribution in [0.25, 0.3) is 22.2 Å². The highest BCUT2D eigenvalue weighted by atomic mass is 16.5. The second-order valence-corrected chi connectivity index (χ2v) is 9.61. The van der Waals surface area contributed by atoms with Crippen LogP contribution in [0.15, 0.2) is 54.6 Å². The van der Waals surface area contributed by atoms with Crippen LogP contribution in [0.4, 0.5) is 0 Å². The molecule has 0 spiro atoms. The Hall–Kier alpha value is -3.41. The molecule has 3 aromatic rings. The number of ether oxygens (including phenoxy) is 1. The van der Waals surface area contributed by atoms with Crippen molar-refractivity contribution >= 4 is 22.7 Å². The number of nitrogens with zero attached hydrogens (tertiary/aromatic N) is 3. The van der Waals surface area contributed by atoms with Gasteiger partial charge in [0.25, 0.3) is 5.91 Å². The van der Waals surface area contributed by atoms with Crippen molar-refractivity contribution in [3.8, 4) is 17.0 Å². The zero-order valence-corrected chi connectivity index (χ0v) is 20.4. The number of hydrogen-bond donors (Lipinski definition) is 0. The average molecular weight is 472 g/mol. The van der Waals surface area contributed by atoms with Crippen molar-refractivity contribution in [1.82, 2.24) is 14.8 Å². The molecule has 35 heavy (non-hydrogen) atoms. The Balaban J connectivity index is 1.35. The quantitative estimate of drug-likeness (QED) is 0.527. The summed E-state index contributed by atoms with van der Waals surface area (Å²) in [7, 11) is 1.64. The highest BCUT2D eigenvalue weighted by Gasteiger charge is 2.31. The van der Waals surface area contributed by atoms with Crippen molar-refractivity contribution in [2.75, 3.05) is 33.3 Å². The standard InChI is InChI=1S/C29H33N3O3/c1-35-23-12-10-21(11-13-23)27-20-25(24-8-4-5-9-26(24)30-27)29(34)32-18-14-22(15-19-32)28(33)31-16-6-2-3-7-17-31/h4-5,8-13,20,22H,2-3,6-7,14-19H2,1H3. The van der Waals surface area contributed by atoms with Gasteiger partial charge in [0.1, 0.15) is 5.75 Å². The molecule has 2 aromatic carbocycles. The lowest BCUT2D eigenvalue weighted by molar-refractivity contribution is -0.136. The minimum Gasteiger partial charge on any atom is -0.497 e. The molecular formula is C29H33N3O3. The first-order chi connectivity index (χ1) is 17.1. The molecule has 2 aliphatic rings. The number of para-hydroxylation sites is 1. The zero-order chi connectivity index (χ0) is 24.2. The van der Waals surface area contributed by atoms with Crippen LogP contribution >= 0.6 is 0 Å². The number of amides is 2. The molecule has 0 N–H and O–H groups in total. The van der Waals surface area contributed by atoms with Gasteiger partial charge in [-0.3, -0.25) is 9.59 Å². The molecule has 0 saturated carbocycles. The molecule has 2 amide bonds. The molecule has 1 aromatic heterocycles. The molecule has 2 aliphatic heterocycles. The predicted octanol–water partition coefficient (Wildman–Crippen LogP) is 5.17. The summed E-state index contributed by atoms with van der Waals surface area (Å²) in [5.74, 6) is 1.11. The maximum atomic E-state index is 13.7. The van der Waals surface area contributed by atoms with Crippen molar-refractivity contribution in [2.45, 2.75) is 38.5 Å². The van der Waals surface area contributed by atoms with Crippen LogP contribution in [-0.4, -0.2) is 59.9 Å². The van der Waals surface area contributed by atoms with Gasteiger partial charge < -0.3 is 14.5 Å². The Morgan fingerprint density at radius 3 is 2.23 bits per heavy atom. The second kappa shape index (κ2) is 10.5. The van der Waals surface area contributed by atoms with Crippen LogP contribution in [0.3, 0.4) is 0 Å². The van der Waals surface area contributed by atoms with E-state index in [9.17, 15) is 9.59 Å². The van der Waals surface area contributed by atoms with Gasteiger partial charge in [0, 0.05) is 43.0 Å². The molecule has 2 fully saturated rings. The van der Waals surface area contributed by atoms with Crippen molar-refractivity contribution in [2.24, 2.45) is 5.92 Å². The second-order valence-electron chi connectivity index (χ2n) is 9.61. The molecular weight excluding hydrogens is 438 g/mol. The number of methoxy groups -OCH3 is 1. The Bertz CT molecular complexity index is 1190. The van der Waals surface area contributed by atoms with Gasteiger partial charge in [-0.15, -0.1) is 0 Å². The Kier molecular flexibility index (Phi) is 6.98. The molecule has 5 rings (SSSR count). The number of piperidine rings is 1. The van der Waals surface area contributed by atoms with Crippen molar-refractivity contribution in [3.05, 3.63) is 60.2 Å². The molecule has 0 aliphatic carbocycles. The third-order valence-electron chi connectivity index (χ3n) is 7.38. The summed E-state index contributed by atoms with van der Waals surface area (Å²) in [6, 6.07) is 17.4. The van der Waals surface area contributed by atoms with Crippen molar-refractivity contribution in [3.63, 3.8) is 0 Å². The van der Waals surface area contributed by atoms with Gasteiger partial charge in [-0.1, -0.05) is 31.0 Å². The third kappa shape index (κ3) is 5.02. The van der Waals surface area contributed by atoms with Gasteiger partial charge in [-0.25, -0.2) is 4.98 Å². The summed E-state index contributed by atoms with van der Waals surface area (Å²) in [4.78, 5) is 35.6. The molecule has 2 saturated heterocycles. The molecule has 3 heterocycles. The van der Waals surface area contributed by atoms with Crippen molar-refractivity contribution < 1.29 is 14.3 Å². The summed E-state index contributed by atoms with van der Waals surface area (Å²) in [6.07, 6.45) is 6.11. The van der Waals surface area contributed by atoms with Crippen LogP contribution in [0.2, 0.25) is 0 Å². The number of benzene rings is 2. The van der Waals surface area contributed by atoms with E-state index in [1.807, 2.05) is 59.5 Å². The van der Waals surface area contributed by atoms with Crippen LogP contribution < -0.4 is 4.74 Å². The van der Waals surface area contributed by atoms with E-state index in [0.29, 0.717) is 18.7 Å². The maximum Gasteiger partial charge on any atom is 0.254 e. The van der Waals surface area contributed by atoms with E-state index < -0.39 is 0 Å². The fourth-order valence-corrected chi connectivity index (χ4v) is 5.31. The number of carbonyl (C=O) groups excluding carboxylic acids is 2. The van der Waals surface area contributed by atoms with Crippen LogP contribution in [0.1, 0.15) is 48.9 Å². The van der Waals surface area contributed by atoms with E-state index in [0.717, 1.165) is 66.7 Å². The normalized spacial score (nSPS) is 17.3. The number of pyridine rings is 1. The number of rotatable bonds is 4. The number of carbonyl (C=O) groups is 2. The predicted molar refractivity (Wildman–Crippen MR) is 137 cm³/mol. The first kappa shape index (κ1) is 23.3. The summed E-state index contributed by atoms with van der Waals surface area (Å²) in [5, 5.41) is 0.859. The Labute approximate surface area is 206 Å². The topological polar surface area (TPSA) is 62.7 Å². The van der Waals surface area contributed by atoms with E-state index in [-0.39, 0.29) is 17.7 Å². The van der Waals surface area contributed by atoms with E-state index in [4.69, 9.17) is 9.72 Å². The summed E-state index contributed by atoms with van der Waals surface area (Å²) in [5.41, 5.74) is 3.17. The van der Waals surface area contributed by atoms with E-state index >= 15 is 0 Å². The number of likely N-dealkylation sites (tertiary alicyclic amines) is 2. The van der Waals surface area contributed by atoms with Crippen LogP contribution in [-0.2, 0) is 4.79 Å². The molecule has 6 heteroatoms. The number of fused-ring (bicyclic) bond motifs is 1. The van der Waals surface area contributed by atoms with Gasteiger partial charge in [0.2, 0.25) is 5.91 Å². The summed E-state index contributed by atoms with van der Waals surface area (Å²) in [6.45, 7) is 2.99. The highest BCUT2D eigenvalue weighted by Crippen LogP contribution is 2.29. The van der Waals surface area contributed by atoms with Gasteiger partial charge in [-0.05, 0) is 62.1 Å². The minimum atomic E-state index is 0.0130. The minimum absolute atomic E-state index is 0.0130. The lowest BCUT2D eigenvalue weighted by atomic mass is 9.94. The number of hydrogen-bond acceptors (Lipinski definition) is 4. The molecule has 182 valence electrons. The highest BCUT2D eigenvalue weighted by molar-refractivity contribution is 6.07. The molecule has 0 atom stereocenters. The van der Waals surface area contributed by atoms with Crippen molar-refractivity contribution in [1.29, 1.82) is 0 Å². The van der Waals surface area contributed by atoms with Gasteiger partial charge in [0.05, 0.1) is 23.9 Å². The fourth-order valence-electron chi connectivity index (χ4n) is 5.31. The van der Waals surface area contributed by atoms with Gasteiger partial charge in [0.15, 0.2) is 0 Å². The largest absolute Gasteiger partial charge is 0.497 e. The number of aromatic nitrogens is 1. The first-order valence-corrected chi connectivity index (χ1v) is 12.8. The van der Waals surface area contributed by atoms with E-state index in [1.54, 1.807) is 7.11 Å². The van der Waals surface area contributed by atoms with Crippen LogP contribution in [0.5, 0.6) is 5.75 Å². The maximum absolute atomic E-state index is 13.7. The van der Waals surface area contributed by atoms with E-state index in [2.05, 4.69) is 4.90 Å². The van der Waals surface area contributed by atoms with E-state index in [1.165, 1.54) is 12.8 Å². The first-order valence-electron chi connectivity index (χ1n) is 12.8. The third-order valence-corrected chi connectivity index (χ3v) is 7.38. The van der Waals surface area contributed by atoms with Gasteiger partial charge >= 0.3 is 0 Å². The summed E-state index contributed by atoms with van der Waals surface area (Å²) < 4.78 is 5.28. The average Bonchev–Trinajstić information content (AvgIpc) is 3.21. The fraction of sp³-hybridized carbons (Fsp3) is 0.414. The Morgan fingerprint density at radius 2 is 1.54 bits per heavy atom. The zero-order valence-electron chi connectivity index (χ0n) is 20.4. The molecule has 0 bridgehead atoms. The van der Waals surface area contributed by atoms with Crippen LogP contribution in [0, 0.1) is 5.92 Å². The SMILES string of the molecule is COc1ccc(-c2cc(C(=O)N3CCC(C(=O)N4CCCCCC4)CC3)c3ccccc3n2)cc1. The monoisotopic (exact) mass is 471 g/mol. The molecule has 0 radical (unpaired) electrons. The molecule has 6 nitrogen and oxygen atoms in total. The lowest BCUT2D eigenvalue weighted by Crippen LogP contribution is -2.44. The lowest BCUT2D eigenvalue weighted by Gasteiger charge is -2.34. The van der Waals surface area contributed by atoms with Gasteiger partial charge in [-0.2, -0.15) is 0 Å². The molecule has 0 unspecified atom stereocenters. The Morgan fingerprint density at radius 1 is 0.857 bits per heavy atom. The smallest absolute Gasteiger partial charge is 0.254 e. The summed E-state index contributed by atoms with van der Waals surface area (Å²) >= 11 is 0.